The van der Waals surface area contributed by atoms with Gasteiger partial charge in [-0.25, -0.2) is 0 Å². The van der Waals surface area contributed by atoms with Crippen molar-refractivity contribution in [3.63, 3.8) is 0 Å². The average Bonchev–Trinajstić information content (AvgIpc) is 2.94. The molecule has 4 heteroatoms. The van der Waals surface area contributed by atoms with Gasteiger partial charge in [-0.2, -0.15) is 0 Å². The quantitative estimate of drug-likeness (QED) is 0.625. The van der Waals surface area contributed by atoms with Crippen molar-refractivity contribution in [2.45, 2.75) is 13.0 Å². The van der Waals surface area contributed by atoms with Gasteiger partial charge in [-0.15, -0.1) is 11.3 Å². The summed E-state index contributed by atoms with van der Waals surface area (Å²) in [5.41, 5.74) is 2.32. The molecule has 0 amide bonds. The molecule has 0 aliphatic heterocycles. The summed E-state index contributed by atoms with van der Waals surface area (Å²) < 4.78 is 1.30. The summed E-state index contributed by atoms with van der Waals surface area (Å²) in [6.45, 7) is 2.97. The Morgan fingerprint density at radius 1 is 1.10 bits per heavy atom. The lowest BCUT2D eigenvalue weighted by atomic mass is 9.97. The number of hydrogen-bond acceptors (Lipinski definition) is 2. The van der Waals surface area contributed by atoms with Gasteiger partial charge >= 0.3 is 0 Å². The third-order valence-electron chi connectivity index (χ3n) is 3.50. The lowest BCUT2D eigenvalue weighted by Gasteiger charge is -2.21. The third-order valence-corrected chi connectivity index (χ3v) is 5.04. The second-order valence-corrected chi connectivity index (χ2v) is 6.60. The second kappa shape index (κ2) is 6.37. The Morgan fingerprint density at radius 2 is 1.95 bits per heavy atom. The van der Waals surface area contributed by atoms with Crippen LogP contribution in [-0.4, -0.2) is 6.54 Å². The van der Waals surface area contributed by atoms with Crippen LogP contribution in [0.4, 0.5) is 0 Å². The van der Waals surface area contributed by atoms with E-state index in [-0.39, 0.29) is 6.04 Å². The van der Waals surface area contributed by atoms with Gasteiger partial charge in [-0.05, 0) is 46.6 Å². The Bertz CT molecular complexity index is 766. The zero-order chi connectivity index (χ0) is 14.8. The molecule has 1 unspecified atom stereocenters. The Balaban J connectivity index is 2.15. The molecule has 0 spiro atoms. The van der Waals surface area contributed by atoms with Crippen LogP contribution in [0.25, 0.3) is 10.1 Å². The van der Waals surface area contributed by atoms with Gasteiger partial charge in [0.2, 0.25) is 0 Å². The van der Waals surface area contributed by atoms with Gasteiger partial charge in [0.1, 0.15) is 0 Å². The van der Waals surface area contributed by atoms with Gasteiger partial charge in [-0.3, -0.25) is 0 Å². The predicted molar refractivity (Wildman–Crippen MR) is 93.8 cm³/mol. The summed E-state index contributed by atoms with van der Waals surface area (Å²) in [5.74, 6) is 0. The highest BCUT2D eigenvalue weighted by Crippen LogP contribution is 2.35. The van der Waals surface area contributed by atoms with Crippen molar-refractivity contribution in [2.24, 2.45) is 0 Å². The minimum absolute atomic E-state index is 0.0714. The zero-order valence-corrected chi connectivity index (χ0v) is 13.9. The molecule has 0 radical (unpaired) electrons. The molecule has 1 N–H and O–H groups in total. The minimum atomic E-state index is 0.0714. The Labute approximate surface area is 138 Å². The van der Waals surface area contributed by atoms with Crippen LogP contribution in [0.1, 0.15) is 24.1 Å². The number of hydrogen-bond donors (Lipinski definition) is 1. The molecule has 0 fully saturated rings. The normalized spacial score (nSPS) is 12.7. The molecule has 108 valence electrons. The molecule has 1 nitrogen and oxygen atoms in total. The highest BCUT2D eigenvalue weighted by Gasteiger charge is 2.19. The van der Waals surface area contributed by atoms with Crippen LogP contribution in [0.2, 0.25) is 10.0 Å². The van der Waals surface area contributed by atoms with Crippen molar-refractivity contribution < 1.29 is 0 Å². The molecular formula is C17H15Cl2NS. The summed E-state index contributed by atoms with van der Waals surface area (Å²) in [4.78, 5) is 0. The van der Waals surface area contributed by atoms with E-state index in [0.29, 0.717) is 10.0 Å². The van der Waals surface area contributed by atoms with Crippen LogP contribution < -0.4 is 5.32 Å². The molecule has 2 aromatic carbocycles. The van der Waals surface area contributed by atoms with Crippen molar-refractivity contribution in [3.05, 3.63) is 69.0 Å². The molecule has 0 saturated carbocycles. The molecule has 1 aromatic heterocycles. The fourth-order valence-corrected chi connectivity index (χ4v) is 4.03. The number of fused-ring (bicyclic) bond motifs is 1. The van der Waals surface area contributed by atoms with Gasteiger partial charge in [0.25, 0.3) is 0 Å². The minimum Gasteiger partial charge on any atom is -0.306 e. The Hall–Kier alpha value is -1.06. The maximum absolute atomic E-state index is 6.41. The molecule has 0 bridgehead atoms. The highest BCUT2D eigenvalue weighted by molar-refractivity contribution is 7.17. The van der Waals surface area contributed by atoms with Crippen LogP contribution in [0, 0.1) is 0 Å². The fourth-order valence-electron chi connectivity index (χ4n) is 2.57. The highest BCUT2D eigenvalue weighted by atomic mass is 35.5. The van der Waals surface area contributed by atoms with E-state index in [1.807, 2.05) is 12.1 Å². The summed E-state index contributed by atoms with van der Waals surface area (Å²) in [6.07, 6.45) is 0. The molecular weight excluding hydrogens is 321 g/mol. The van der Waals surface area contributed by atoms with Crippen molar-refractivity contribution >= 4 is 44.6 Å². The Morgan fingerprint density at radius 3 is 2.71 bits per heavy atom. The van der Waals surface area contributed by atoms with E-state index in [9.17, 15) is 0 Å². The smallest absolute Gasteiger partial charge is 0.0605 e. The van der Waals surface area contributed by atoms with Gasteiger partial charge in [-0.1, -0.05) is 54.4 Å². The lowest BCUT2D eigenvalue weighted by Crippen LogP contribution is -2.22. The first-order valence-electron chi connectivity index (χ1n) is 6.85. The topological polar surface area (TPSA) is 12.0 Å². The van der Waals surface area contributed by atoms with Crippen molar-refractivity contribution in [2.75, 3.05) is 6.54 Å². The molecule has 3 aromatic rings. The monoisotopic (exact) mass is 335 g/mol. The fraction of sp³-hybridized carbons (Fsp3) is 0.176. The molecule has 0 saturated heterocycles. The largest absolute Gasteiger partial charge is 0.306 e. The first-order chi connectivity index (χ1) is 10.2. The van der Waals surface area contributed by atoms with Gasteiger partial charge in [0.15, 0.2) is 0 Å². The summed E-state index contributed by atoms with van der Waals surface area (Å²) in [6, 6.07) is 14.3. The molecule has 3 rings (SSSR count). The third kappa shape index (κ3) is 2.95. The predicted octanol–water partition coefficient (Wildman–Crippen LogP) is 5.91. The van der Waals surface area contributed by atoms with E-state index in [1.54, 1.807) is 17.4 Å². The number of rotatable bonds is 4. The van der Waals surface area contributed by atoms with Crippen LogP contribution in [-0.2, 0) is 0 Å². The molecule has 1 heterocycles. The summed E-state index contributed by atoms with van der Waals surface area (Å²) in [7, 11) is 0. The average molecular weight is 336 g/mol. The standard InChI is InChI=1S/C17H15Cl2NS/c1-2-20-16(13-7-6-12(18)10-15(13)19)14-5-3-4-11-8-9-21-17(11)14/h3-10,16,20H,2H2,1H3. The number of nitrogens with one attached hydrogen (secondary N) is 1. The molecule has 21 heavy (non-hydrogen) atoms. The van der Waals surface area contributed by atoms with E-state index < -0.39 is 0 Å². The van der Waals surface area contributed by atoms with Crippen LogP contribution in [0.15, 0.2) is 47.8 Å². The van der Waals surface area contributed by atoms with E-state index in [0.717, 1.165) is 12.1 Å². The number of benzene rings is 2. The van der Waals surface area contributed by atoms with Crippen molar-refractivity contribution in [1.29, 1.82) is 0 Å². The summed E-state index contributed by atoms with van der Waals surface area (Å²) >= 11 is 14.2. The number of thiophene rings is 1. The lowest BCUT2D eigenvalue weighted by molar-refractivity contribution is 0.635. The second-order valence-electron chi connectivity index (χ2n) is 4.84. The van der Waals surface area contributed by atoms with Gasteiger partial charge in [0.05, 0.1) is 6.04 Å². The van der Waals surface area contributed by atoms with Crippen LogP contribution in [0.5, 0.6) is 0 Å². The van der Waals surface area contributed by atoms with E-state index in [4.69, 9.17) is 23.2 Å². The molecule has 1 atom stereocenters. The molecule has 0 aliphatic rings. The Kier molecular flexibility index (Phi) is 4.51. The van der Waals surface area contributed by atoms with E-state index >= 15 is 0 Å². The summed E-state index contributed by atoms with van der Waals surface area (Å²) in [5, 5.41) is 8.29. The van der Waals surface area contributed by atoms with Gasteiger partial charge < -0.3 is 5.32 Å². The number of halogens is 2. The van der Waals surface area contributed by atoms with Crippen LogP contribution in [0.3, 0.4) is 0 Å². The van der Waals surface area contributed by atoms with E-state index in [1.165, 1.54) is 15.6 Å². The SMILES string of the molecule is CCNC(c1ccc(Cl)cc1Cl)c1cccc2ccsc12. The maximum atomic E-state index is 6.41. The van der Waals surface area contributed by atoms with Gasteiger partial charge in [0, 0.05) is 14.7 Å². The van der Waals surface area contributed by atoms with Crippen molar-refractivity contribution in [1.82, 2.24) is 5.32 Å². The van der Waals surface area contributed by atoms with Crippen molar-refractivity contribution in [3.8, 4) is 0 Å². The van der Waals surface area contributed by atoms with E-state index in [2.05, 4.69) is 41.9 Å². The zero-order valence-electron chi connectivity index (χ0n) is 11.6. The first-order valence-corrected chi connectivity index (χ1v) is 8.48. The van der Waals surface area contributed by atoms with Crippen LogP contribution >= 0.6 is 34.5 Å². The molecule has 0 aliphatic carbocycles. The maximum Gasteiger partial charge on any atom is 0.0605 e. The first kappa shape index (κ1) is 14.9.